The van der Waals surface area contributed by atoms with Crippen molar-refractivity contribution in [3.63, 3.8) is 0 Å². The molecule has 0 aromatic heterocycles. The van der Waals surface area contributed by atoms with Crippen LogP contribution < -0.4 is 4.74 Å². The minimum Gasteiger partial charge on any atom is -0.406 e. The number of ketones is 1. The molecule has 0 saturated heterocycles. The van der Waals surface area contributed by atoms with Gasteiger partial charge >= 0.3 is 6.36 Å². The van der Waals surface area contributed by atoms with Gasteiger partial charge < -0.3 is 4.74 Å². The van der Waals surface area contributed by atoms with Crippen molar-refractivity contribution in [3.05, 3.63) is 29.8 Å². The van der Waals surface area contributed by atoms with E-state index < -0.39 is 6.36 Å². The molecule has 16 heavy (non-hydrogen) atoms. The van der Waals surface area contributed by atoms with Crippen molar-refractivity contribution in [2.75, 3.05) is 5.88 Å². The van der Waals surface area contributed by atoms with Crippen LogP contribution in [0.1, 0.15) is 16.8 Å². The quantitative estimate of drug-likeness (QED) is 0.606. The van der Waals surface area contributed by atoms with Crippen LogP contribution in [-0.2, 0) is 0 Å². The van der Waals surface area contributed by atoms with Crippen molar-refractivity contribution in [2.45, 2.75) is 12.8 Å². The summed E-state index contributed by atoms with van der Waals surface area (Å²) in [7, 11) is 0. The van der Waals surface area contributed by atoms with E-state index in [2.05, 4.69) is 4.74 Å². The van der Waals surface area contributed by atoms with Gasteiger partial charge in [-0.15, -0.1) is 24.8 Å². The van der Waals surface area contributed by atoms with E-state index in [0.29, 0.717) is 5.56 Å². The van der Waals surface area contributed by atoms with Gasteiger partial charge in [-0.05, 0) is 24.3 Å². The Bertz CT molecular complexity index is 359. The number of ether oxygens (including phenoxy) is 1. The first-order valence-electron chi connectivity index (χ1n) is 4.37. The zero-order valence-corrected chi connectivity index (χ0v) is 8.81. The number of rotatable bonds is 4. The topological polar surface area (TPSA) is 26.3 Å². The lowest BCUT2D eigenvalue weighted by Gasteiger charge is -2.08. The van der Waals surface area contributed by atoms with Gasteiger partial charge in [0.2, 0.25) is 0 Å². The Morgan fingerprint density at radius 3 is 2.25 bits per heavy atom. The molecule has 0 aliphatic rings. The standard InChI is InChI=1S/C10H8ClF3O2/c11-6-5-9(15)7-1-3-8(4-2-7)16-10(12,13)14/h1-4H,5-6H2. The van der Waals surface area contributed by atoms with E-state index in [4.69, 9.17) is 11.6 Å². The first kappa shape index (κ1) is 12.8. The largest absolute Gasteiger partial charge is 0.573 e. The molecule has 0 heterocycles. The van der Waals surface area contributed by atoms with E-state index in [-0.39, 0.29) is 23.8 Å². The first-order chi connectivity index (χ1) is 7.42. The minimum atomic E-state index is -4.72. The molecule has 0 fully saturated rings. The average Bonchev–Trinajstić information content (AvgIpc) is 2.16. The molecule has 0 atom stereocenters. The van der Waals surface area contributed by atoms with Crippen molar-refractivity contribution in [1.29, 1.82) is 0 Å². The number of Topliss-reactive ketones (excluding diaryl/α,β-unsaturated/α-hetero) is 1. The highest BCUT2D eigenvalue weighted by molar-refractivity contribution is 6.19. The molecule has 1 aromatic carbocycles. The third-order valence-electron chi connectivity index (χ3n) is 1.73. The van der Waals surface area contributed by atoms with Crippen molar-refractivity contribution in [3.8, 4) is 5.75 Å². The number of carbonyl (C=O) groups is 1. The molecular weight excluding hydrogens is 245 g/mol. The summed E-state index contributed by atoms with van der Waals surface area (Å²) < 4.78 is 39.1. The summed E-state index contributed by atoms with van der Waals surface area (Å²) in [5.41, 5.74) is 0.315. The Hall–Kier alpha value is -1.23. The van der Waals surface area contributed by atoms with Gasteiger partial charge in [-0.3, -0.25) is 4.79 Å². The zero-order chi connectivity index (χ0) is 12.2. The predicted molar refractivity (Wildman–Crippen MR) is 52.8 cm³/mol. The number of benzene rings is 1. The van der Waals surface area contributed by atoms with Gasteiger partial charge in [-0.2, -0.15) is 0 Å². The highest BCUT2D eigenvalue weighted by Crippen LogP contribution is 2.22. The highest BCUT2D eigenvalue weighted by Gasteiger charge is 2.30. The second-order valence-corrected chi connectivity index (χ2v) is 3.31. The normalized spacial score (nSPS) is 11.2. The van der Waals surface area contributed by atoms with Gasteiger partial charge in [0, 0.05) is 17.9 Å². The maximum absolute atomic E-state index is 11.8. The molecule has 6 heteroatoms. The van der Waals surface area contributed by atoms with E-state index in [1.807, 2.05) is 0 Å². The van der Waals surface area contributed by atoms with Crippen LogP contribution in [0.4, 0.5) is 13.2 Å². The fourth-order valence-corrected chi connectivity index (χ4v) is 1.24. The van der Waals surface area contributed by atoms with E-state index in [1.54, 1.807) is 0 Å². The van der Waals surface area contributed by atoms with Crippen LogP contribution in [0.5, 0.6) is 5.75 Å². The highest BCUT2D eigenvalue weighted by atomic mass is 35.5. The van der Waals surface area contributed by atoms with Crippen LogP contribution in [0.25, 0.3) is 0 Å². The van der Waals surface area contributed by atoms with Crippen LogP contribution in [-0.4, -0.2) is 18.0 Å². The van der Waals surface area contributed by atoms with Crippen LogP contribution in [0.2, 0.25) is 0 Å². The van der Waals surface area contributed by atoms with Crippen molar-refractivity contribution in [2.24, 2.45) is 0 Å². The second-order valence-electron chi connectivity index (χ2n) is 2.93. The summed E-state index contributed by atoms with van der Waals surface area (Å²) in [5.74, 6) is -0.386. The molecule has 0 amide bonds. The van der Waals surface area contributed by atoms with Gasteiger partial charge in [0.05, 0.1) is 0 Å². The minimum absolute atomic E-state index is 0.154. The van der Waals surface area contributed by atoms with E-state index in [0.717, 1.165) is 12.1 Å². The SMILES string of the molecule is O=C(CCCl)c1ccc(OC(F)(F)F)cc1. The molecule has 0 radical (unpaired) electrons. The van der Waals surface area contributed by atoms with Gasteiger partial charge in [0.15, 0.2) is 5.78 Å². The van der Waals surface area contributed by atoms with E-state index in [9.17, 15) is 18.0 Å². The fourth-order valence-electron chi connectivity index (χ4n) is 1.07. The smallest absolute Gasteiger partial charge is 0.406 e. The Balaban J connectivity index is 2.72. The van der Waals surface area contributed by atoms with Crippen molar-refractivity contribution in [1.82, 2.24) is 0 Å². The summed E-state index contributed by atoms with van der Waals surface area (Å²) in [6.45, 7) is 0. The summed E-state index contributed by atoms with van der Waals surface area (Å²) in [6, 6.07) is 4.73. The lowest BCUT2D eigenvalue weighted by molar-refractivity contribution is -0.274. The lowest BCUT2D eigenvalue weighted by atomic mass is 10.1. The fraction of sp³-hybridized carbons (Fsp3) is 0.300. The molecule has 0 aliphatic heterocycles. The molecule has 2 nitrogen and oxygen atoms in total. The molecule has 0 aliphatic carbocycles. The third-order valence-corrected chi connectivity index (χ3v) is 1.92. The van der Waals surface area contributed by atoms with Gasteiger partial charge in [0.1, 0.15) is 5.75 Å². The average molecular weight is 253 g/mol. The number of halogens is 4. The second kappa shape index (κ2) is 5.21. The third kappa shape index (κ3) is 4.10. The molecule has 0 saturated carbocycles. The lowest BCUT2D eigenvalue weighted by Crippen LogP contribution is -2.17. The molecule has 0 bridgehead atoms. The summed E-state index contributed by atoms with van der Waals surface area (Å²) in [4.78, 5) is 11.3. The number of hydrogen-bond acceptors (Lipinski definition) is 2. The Labute approximate surface area is 95.0 Å². The number of carbonyl (C=O) groups excluding carboxylic acids is 1. The van der Waals surface area contributed by atoms with Crippen LogP contribution in [0, 0.1) is 0 Å². The Morgan fingerprint density at radius 1 is 1.25 bits per heavy atom. The van der Waals surface area contributed by atoms with Gasteiger partial charge in [-0.1, -0.05) is 0 Å². The van der Waals surface area contributed by atoms with Gasteiger partial charge in [0.25, 0.3) is 0 Å². The Kier molecular flexibility index (Phi) is 4.18. The zero-order valence-electron chi connectivity index (χ0n) is 8.05. The summed E-state index contributed by atoms with van der Waals surface area (Å²) in [6.07, 6.45) is -4.57. The molecule has 88 valence electrons. The number of hydrogen-bond donors (Lipinski definition) is 0. The molecule has 1 rings (SSSR count). The summed E-state index contributed by atoms with van der Waals surface area (Å²) >= 11 is 5.37. The van der Waals surface area contributed by atoms with Gasteiger partial charge in [-0.25, -0.2) is 0 Å². The molecule has 0 spiro atoms. The Morgan fingerprint density at radius 2 is 1.81 bits per heavy atom. The summed E-state index contributed by atoms with van der Waals surface area (Å²) in [5, 5.41) is 0. The van der Waals surface area contributed by atoms with Crippen LogP contribution >= 0.6 is 11.6 Å². The van der Waals surface area contributed by atoms with Crippen molar-refractivity contribution >= 4 is 17.4 Å². The molecule has 0 N–H and O–H groups in total. The van der Waals surface area contributed by atoms with Crippen molar-refractivity contribution < 1.29 is 22.7 Å². The maximum atomic E-state index is 11.8. The predicted octanol–water partition coefficient (Wildman–Crippen LogP) is 3.40. The maximum Gasteiger partial charge on any atom is 0.573 e. The first-order valence-corrected chi connectivity index (χ1v) is 4.91. The molecule has 1 aromatic rings. The van der Waals surface area contributed by atoms with Crippen LogP contribution in [0.15, 0.2) is 24.3 Å². The molecule has 0 unspecified atom stereocenters. The van der Waals surface area contributed by atoms with E-state index >= 15 is 0 Å². The van der Waals surface area contributed by atoms with Crippen LogP contribution in [0.3, 0.4) is 0 Å². The van der Waals surface area contributed by atoms with E-state index in [1.165, 1.54) is 12.1 Å². The number of alkyl halides is 4. The molecular formula is C10H8ClF3O2. The monoisotopic (exact) mass is 252 g/mol.